The lowest BCUT2D eigenvalue weighted by atomic mass is 10.4. The normalized spacial score (nSPS) is 11.2. The fourth-order valence-corrected chi connectivity index (χ4v) is 3.37. The summed E-state index contributed by atoms with van der Waals surface area (Å²) in [6.07, 6.45) is 1.39. The lowest BCUT2D eigenvalue weighted by Gasteiger charge is -2.06. The van der Waals surface area contributed by atoms with E-state index in [2.05, 4.69) is 14.7 Å². The largest absolute Gasteiger partial charge is 0.383 e. The van der Waals surface area contributed by atoms with E-state index in [1.54, 1.807) is 0 Å². The third-order valence-electron chi connectivity index (χ3n) is 2.18. The molecule has 0 aliphatic carbocycles. The fourth-order valence-electron chi connectivity index (χ4n) is 1.28. The number of anilines is 2. The van der Waals surface area contributed by atoms with Crippen LogP contribution in [0.1, 0.15) is 17.4 Å². The third-order valence-corrected chi connectivity index (χ3v) is 4.45. The van der Waals surface area contributed by atoms with Gasteiger partial charge in [0.15, 0.2) is 10.9 Å². The molecule has 0 unspecified atom stereocenters. The highest BCUT2D eigenvalue weighted by Gasteiger charge is 2.19. The van der Waals surface area contributed by atoms with Gasteiger partial charge in [-0.2, -0.15) is 0 Å². The van der Waals surface area contributed by atoms with Crippen molar-refractivity contribution in [3.63, 3.8) is 0 Å². The van der Waals surface area contributed by atoms with Crippen LogP contribution in [0.5, 0.6) is 0 Å². The molecule has 0 aliphatic rings. The highest BCUT2D eigenvalue weighted by molar-refractivity contribution is 7.93. The summed E-state index contributed by atoms with van der Waals surface area (Å²) in [5.74, 6) is -0.332. The number of sulfonamides is 1. The Morgan fingerprint density at radius 3 is 2.79 bits per heavy atom. The van der Waals surface area contributed by atoms with Gasteiger partial charge in [-0.15, -0.1) is 11.3 Å². The monoisotopic (exact) mass is 298 g/mol. The van der Waals surface area contributed by atoms with Crippen LogP contribution in [0.3, 0.4) is 0 Å². The van der Waals surface area contributed by atoms with Crippen LogP contribution in [-0.4, -0.2) is 24.2 Å². The van der Waals surface area contributed by atoms with Crippen LogP contribution >= 0.6 is 11.3 Å². The molecular formula is C10H10N4O3S2. The van der Waals surface area contributed by atoms with E-state index in [9.17, 15) is 13.2 Å². The van der Waals surface area contributed by atoms with Crippen molar-refractivity contribution in [2.45, 2.75) is 11.8 Å². The van der Waals surface area contributed by atoms with Gasteiger partial charge in [-0.3, -0.25) is 9.52 Å². The maximum Gasteiger partial charge on any atom is 0.267 e. The third kappa shape index (κ3) is 2.88. The first-order chi connectivity index (χ1) is 8.90. The molecule has 0 aromatic carbocycles. The first-order valence-corrected chi connectivity index (χ1v) is 7.46. The fraction of sp³-hybridized carbons (Fsp3) is 0.100. The quantitative estimate of drug-likeness (QED) is 0.817. The second kappa shape index (κ2) is 4.94. The molecule has 2 aromatic rings. The number of thiazole rings is 1. The summed E-state index contributed by atoms with van der Waals surface area (Å²) in [6.45, 7) is 1.35. The number of carbonyl (C=O) groups is 1. The number of pyridine rings is 1. The van der Waals surface area contributed by atoms with Crippen LogP contribution < -0.4 is 10.5 Å². The molecule has 0 fully saturated rings. The Hall–Kier alpha value is -2.00. The predicted octanol–water partition coefficient (Wildman–Crippen LogP) is 1.12. The number of Topliss-reactive ketones (excluding diaryl/α,β-unsaturated/α-hetero) is 1. The van der Waals surface area contributed by atoms with Gasteiger partial charge >= 0.3 is 0 Å². The number of hydrogen-bond acceptors (Lipinski definition) is 7. The van der Waals surface area contributed by atoms with E-state index in [4.69, 9.17) is 5.73 Å². The summed E-state index contributed by atoms with van der Waals surface area (Å²) >= 11 is 1.02. The molecule has 100 valence electrons. The van der Waals surface area contributed by atoms with Crippen molar-refractivity contribution in [1.29, 1.82) is 0 Å². The second-order valence-corrected chi connectivity index (χ2v) is 6.10. The Morgan fingerprint density at radius 1 is 1.47 bits per heavy atom. The minimum atomic E-state index is -3.86. The number of nitrogens with zero attached hydrogens (tertiary/aromatic N) is 2. The zero-order valence-electron chi connectivity index (χ0n) is 9.82. The number of aromatic nitrogens is 2. The van der Waals surface area contributed by atoms with Crippen molar-refractivity contribution in [3.8, 4) is 0 Å². The lowest BCUT2D eigenvalue weighted by molar-refractivity contribution is 0.101. The molecular weight excluding hydrogens is 288 g/mol. The molecule has 0 spiro atoms. The summed E-state index contributed by atoms with van der Waals surface area (Å²) < 4.78 is 26.4. The van der Waals surface area contributed by atoms with E-state index in [0.717, 1.165) is 11.3 Å². The van der Waals surface area contributed by atoms with Gasteiger partial charge in [-0.25, -0.2) is 18.4 Å². The minimum Gasteiger partial charge on any atom is -0.383 e. The van der Waals surface area contributed by atoms with Crippen LogP contribution in [0.4, 0.5) is 10.9 Å². The van der Waals surface area contributed by atoms with E-state index in [0.29, 0.717) is 0 Å². The second-order valence-electron chi connectivity index (χ2n) is 3.59. The van der Waals surface area contributed by atoms with Crippen LogP contribution in [0.2, 0.25) is 0 Å². The van der Waals surface area contributed by atoms with Crippen molar-refractivity contribution in [1.82, 2.24) is 9.97 Å². The Kier molecular flexibility index (Phi) is 3.49. The molecule has 19 heavy (non-hydrogen) atoms. The van der Waals surface area contributed by atoms with Gasteiger partial charge in [0.25, 0.3) is 10.0 Å². The summed E-state index contributed by atoms with van der Waals surface area (Å²) in [5, 5.41) is 1.58. The molecule has 7 nitrogen and oxygen atoms in total. The summed E-state index contributed by atoms with van der Waals surface area (Å²) in [7, 11) is -3.86. The van der Waals surface area contributed by atoms with E-state index in [-0.39, 0.29) is 27.3 Å². The molecule has 3 N–H and O–H groups in total. The Morgan fingerprint density at radius 2 is 2.21 bits per heavy atom. The topological polar surface area (TPSA) is 115 Å². The van der Waals surface area contributed by atoms with Gasteiger partial charge in [0.1, 0.15) is 16.4 Å². The molecule has 0 radical (unpaired) electrons. The number of nitrogens with two attached hydrogens (primary N) is 1. The van der Waals surface area contributed by atoms with Gasteiger partial charge < -0.3 is 5.73 Å². The maximum absolute atomic E-state index is 12.1. The number of nitrogens with one attached hydrogen (secondary N) is 1. The minimum absolute atomic E-state index is 0.0988. The Bertz CT molecular complexity index is 724. The molecule has 0 bridgehead atoms. The predicted molar refractivity (Wildman–Crippen MR) is 71.6 cm³/mol. The standard InChI is InChI=1S/C10H10N4O3S2/c1-6(15)7-5-18-10(13-7)14-19(16,17)8-3-2-4-12-9(8)11/h2-5H,1H3,(H2,11,12)(H,13,14). The molecule has 2 aromatic heterocycles. The highest BCUT2D eigenvalue weighted by Crippen LogP contribution is 2.22. The molecule has 0 aliphatic heterocycles. The molecule has 0 amide bonds. The Balaban J connectivity index is 2.31. The smallest absolute Gasteiger partial charge is 0.267 e. The molecule has 2 heterocycles. The van der Waals surface area contributed by atoms with Gasteiger partial charge in [0.05, 0.1) is 0 Å². The van der Waals surface area contributed by atoms with E-state index in [1.807, 2.05) is 0 Å². The molecule has 0 saturated carbocycles. The number of hydrogen-bond donors (Lipinski definition) is 2. The average Bonchev–Trinajstić information content (AvgIpc) is 2.77. The van der Waals surface area contributed by atoms with Crippen LogP contribution in [0, 0.1) is 0 Å². The Labute approximate surface area is 113 Å². The van der Waals surface area contributed by atoms with Crippen LogP contribution in [-0.2, 0) is 10.0 Å². The SMILES string of the molecule is CC(=O)c1csc(NS(=O)(=O)c2cccnc2N)n1. The molecule has 2 rings (SSSR count). The number of rotatable bonds is 4. The van der Waals surface area contributed by atoms with Gasteiger partial charge in [-0.1, -0.05) is 0 Å². The molecule has 0 saturated heterocycles. The summed E-state index contributed by atoms with van der Waals surface area (Å²) in [6, 6.07) is 2.80. The van der Waals surface area contributed by atoms with Crippen LogP contribution in [0.25, 0.3) is 0 Å². The summed E-state index contributed by atoms with van der Waals surface area (Å²) in [5.41, 5.74) is 5.72. The zero-order valence-corrected chi connectivity index (χ0v) is 11.5. The summed E-state index contributed by atoms with van der Waals surface area (Å²) in [4.78, 5) is 18.5. The van der Waals surface area contributed by atoms with E-state index < -0.39 is 10.0 Å². The van der Waals surface area contributed by atoms with Gasteiger partial charge in [0.2, 0.25) is 0 Å². The first kappa shape index (κ1) is 13.4. The number of ketones is 1. The lowest BCUT2D eigenvalue weighted by Crippen LogP contribution is -2.15. The number of carbonyl (C=O) groups excluding carboxylic acids is 1. The van der Waals surface area contributed by atoms with Crippen LogP contribution in [0.15, 0.2) is 28.6 Å². The molecule has 0 atom stereocenters. The van der Waals surface area contributed by atoms with Gasteiger partial charge in [0, 0.05) is 18.5 Å². The van der Waals surface area contributed by atoms with E-state index in [1.165, 1.54) is 30.6 Å². The van der Waals surface area contributed by atoms with Crippen molar-refractivity contribution in [2.24, 2.45) is 0 Å². The highest BCUT2D eigenvalue weighted by atomic mass is 32.2. The number of nitrogen functional groups attached to an aromatic ring is 1. The van der Waals surface area contributed by atoms with Crippen molar-refractivity contribution in [3.05, 3.63) is 29.4 Å². The average molecular weight is 298 g/mol. The zero-order chi connectivity index (χ0) is 14.0. The van der Waals surface area contributed by atoms with Crippen molar-refractivity contribution >= 4 is 38.1 Å². The maximum atomic E-state index is 12.1. The van der Waals surface area contributed by atoms with Crippen molar-refractivity contribution < 1.29 is 13.2 Å². The van der Waals surface area contributed by atoms with E-state index >= 15 is 0 Å². The van der Waals surface area contributed by atoms with Crippen molar-refractivity contribution in [2.75, 3.05) is 10.5 Å². The van der Waals surface area contributed by atoms with Gasteiger partial charge in [-0.05, 0) is 12.1 Å². The molecule has 9 heteroatoms. The first-order valence-electron chi connectivity index (χ1n) is 5.10.